The van der Waals surface area contributed by atoms with E-state index in [1.165, 1.54) is 6.07 Å². The first-order valence-corrected chi connectivity index (χ1v) is 4.67. The van der Waals surface area contributed by atoms with Crippen molar-refractivity contribution >= 4 is 5.69 Å². The lowest BCUT2D eigenvalue weighted by molar-refractivity contribution is -0.385. The summed E-state index contributed by atoms with van der Waals surface area (Å²) in [6.07, 6.45) is 2.32. The van der Waals surface area contributed by atoms with Crippen molar-refractivity contribution in [3.05, 3.63) is 52.1 Å². The Bertz CT molecular complexity index is 388. The highest BCUT2D eigenvalue weighted by atomic mass is 16.6. The smallest absolute Gasteiger partial charge is 0.272 e. The van der Waals surface area contributed by atoms with Crippen LogP contribution in [0.5, 0.6) is 0 Å². The summed E-state index contributed by atoms with van der Waals surface area (Å²) >= 11 is 0. The molecular weight excluding hydrogens is 192 g/mol. The molecule has 1 atom stereocenters. The zero-order valence-electron chi connectivity index (χ0n) is 8.64. The number of nitro benzene ring substituents is 1. The molecule has 0 saturated carbocycles. The maximum absolute atomic E-state index is 10.7. The fraction of sp³-hybridized carbons (Fsp3) is 0.273. The van der Waals surface area contributed by atoms with Crippen LogP contribution in [0.2, 0.25) is 0 Å². The highest BCUT2D eigenvalue weighted by Crippen LogP contribution is 2.23. The van der Waals surface area contributed by atoms with Gasteiger partial charge in [0, 0.05) is 17.7 Å². The molecule has 0 aromatic heterocycles. The fourth-order valence-electron chi connectivity index (χ4n) is 1.37. The molecule has 1 rings (SSSR count). The molecule has 0 spiro atoms. The predicted octanol–water partition coefficient (Wildman–Crippen LogP) is 2.48. The van der Waals surface area contributed by atoms with Gasteiger partial charge in [-0.1, -0.05) is 18.2 Å². The predicted molar refractivity (Wildman–Crippen MR) is 59.6 cm³/mol. The number of nitrogens with zero attached hydrogens (tertiary/aromatic N) is 1. The minimum absolute atomic E-state index is 0.118. The molecule has 0 aliphatic rings. The van der Waals surface area contributed by atoms with E-state index in [0.29, 0.717) is 12.0 Å². The van der Waals surface area contributed by atoms with Crippen LogP contribution in [-0.4, -0.2) is 4.92 Å². The second-order valence-electron chi connectivity index (χ2n) is 3.43. The van der Waals surface area contributed by atoms with Gasteiger partial charge in [0.25, 0.3) is 5.69 Å². The second kappa shape index (κ2) is 4.70. The number of hydrogen-bond acceptors (Lipinski definition) is 3. The van der Waals surface area contributed by atoms with Crippen molar-refractivity contribution in [2.45, 2.75) is 19.4 Å². The summed E-state index contributed by atoms with van der Waals surface area (Å²) in [6.45, 7) is 5.30. The van der Waals surface area contributed by atoms with Crippen molar-refractivity contribution < 1.29 is 4.92 Å². The lowest BCUT2D eigenvalue weighted by Gasteiger charge is -2.09. The summed E-state index contributed by atoms with van der Waals surface area (Å²) in [7, 11) is 0. The van der Waals surface area contributed by atoms with E-state index in [4.69, 9.17) is 5.73 Å². The summed E-state index contributed by atoms with van der Waals surface area (Å²) < 4.78 is 0. The van der Waals surface area contributed by atoms with Crippen LogP contribution < -0.4 is 5.73 Å². The van der Waals surface area contributed by atoms with Crippen molar-refractivity contribution in [1.82, 2.24) is 0 Å². The Hall–Kier alpha value is -1.68. The molecule has 0 aliphatic carbocycles. The van der Waals surface area contributed by atoms with E-state index in [2.05, 4.69) is 6.58 Å². The molecule has 1 aromatic carbocycles. The van der Waals surface area contributed by atoms with Gasteiger partial charge in [0.2, 0.25) is 0 Å². The van der Waals surface area contributed by atoms with Gasteiger partial charge in [0.15, 0.2) is 0 Å². The first-order chi connectivity index (χ1) is 7.06. The Kier molecular flexibility index (Phi) is 3.57. The van der Waals surface area contributed by atoms with Crippen LogP contribution in [0.25, 0.3) is 0 Å². The van der Waals surface area contributed by atoms with E-state index < -0.39 is 0 Å². The highest BCUT2D eigenvalue weighted by Gasteiger charge is 2.13. The molecule has 4 heteroatoms. The van der Waals surface area contributed by atoms with E-state index >= 15 is 0 Å². The zero-order valence-corrected chi connectivity index (χ0v) is 8.64. The molecule has 0 heterocycles. The molecular formula is C11H14N2O2. The Morgan fingerprint density at radius 1 is 1.67 bits per heavy atom. The Morgan fingerprint density at radius 2 is 2.33 bits per heavy atom. The van der Waals surface area contributed by atoms with Gasteiger partial charge < -0.3 is 5.73 Å². The van der Waals surface area contributed by atoms with Crippen LogP contribution in [0.1, 0.15) is 23.6 Å². The molecule has 0 radical (unpaired) electrons. The third kappa shape index (κ3) is 2.63. The van der Waals surface area contributed by atoms with Gasteiger partial charge in [0.05, 0.1) is 4.92 Å². The lowest BCUT2D eigenvalue weighted by Crippen LogP contribution is -2.09. The van der Waals surface area contributed by atoms with Crippen molar-refractivity contribution in [2.75, 3.05) is 0 Å². The molecule has 2 N–H and O–H groups in total. The maximum atomic E-state index is 10.7. The highest BCUT2D eigenvalue weighted by molar-refractivity contribution is 5.43. The van der Waals surface area contributed by atoms with Crippen molar-refractivity contribution in [2.24, 2.45) is 5.73 Å². The van der Waals surface area contributed by atoms with Gasteiger partial charge in [-0.25, -0.2) is 0 Å². The van der Waals surface area contributed by atoms with Crippen molar-refractivity contribution in [3.63, 3.8) is 0 Å². The summed E-state index contributed by atoms with van der Waals surface area (Å²) in [4.78, 5) is 10.3. The SMILES string of the molecule is C=CC[C@H](N)c1ccc(C)c([N+](=O)[O-])c1. The van der Waals surface area contributed by atoms with E-state index in [1.54, 1.807) is 19.1 Å². The van der Waals surface area contributed by atoms with Gasteiger partial charge in [-0.15, -0.1) is 6.58 Å². The Labute approximate surface area is 88.6 Å². The standard InChI is InChI=1S/C11H14N2O2/c1-3-4-10(12)9-6-5-8(2)11(7-9)13(14)15/h3,5-7,10H,1,4,12H2,2H3/t10-/m0/s1. The average molecular weight is 206 g/mol. The number of hydrogen-bond donors (Lipinski definition) is 1. The topological polar surface area (TPSA) is 69.2 Å². The third-order valence-electron chi connectivity index (χ3n) is 2.28. The molecule has 1 aromatic rings. The normalized spacial score (nSPS) is 12.1. The largest absolute Gasteiger partial charge is 0.324 e. The van der Waals surface area contributed by atoms with E-state index in [-0.39, 0.29) is 16.7 Å². The van der Waals surface area contributed by atoms with Gasteiger partial charge in [-0.3, -0.25) is 10.1 Å². The quantitative estimate of drug-likeness (QED) is 0.467. The fourth-order valence-corrected chi connectivity index (χ4v) is 1.37. The van der Waals surface area contributed by atoms with Crippen molar-refractivity contribution in [3.8, 4) is 0 Å². The summed E-state index contributed by atoms with van der Waals surface area (Å²) in [5.41, 5.74) is 7.37. The molecule has 0 aliphatic heterocycles. The molecule has 0 amide bonds. The minimum atomic E-state index is -0.389. The number of benzene rings is 1. The number of rotatable bonds is 4. The molecule has 80 valence electrons. The Morgan fingerprint density at radius 3 is 2.87 bits per heavy atom. The molecule has 0 bridgehead atoms. The zero-order chi connectivity index (χ0) is 11.4. The van der Waals surface area contributed by atoms with Crippen LogP contribution in [0, 0.1) is 17.0 Å². The first kappa shape index (κ1) is 11.4. The lowest BCUT2D eigenvalue weighted by atomic mass is 10.0. The minimum Gasteiger partial charge on any atom is -0.324 e. The molecule has 0 unspecified atom stereocenters. The van der Waals surface area contributed by atoms with Crippen LogP contribution in [0.3, 0.4) is 0 Å². The number of nitrogens with two attached hydrogens (primary N) is 1. The van der Waals surface area contributed by atoms with E-state index in [9.17, 15) is 10.1 Å². The summed E-state index contributed by atoms with van der Waals surface area (Å²) in [6, 6.07) is 4.85. The number of nitro groups is 1. The third-order valence-corrected chi connectivity index (χ3v) is 2.28. The van der Waals surface area contributed by atoms with Crippen molar-refractivity contribution in [1.29, 1.82) is 0 Å². The summed E-state index contributed by atoms with van der Waals surface area (Å²) in [5, 5.41) is 10.7. The van der Waals surface area contributed by atoms with Crippen LogP contribution in [-0.2, 0) is 0 Å². The average Bonchev–Trinajstić information content (AvgIpc) is 2.18. The summed E-state index contributed by atoms with van der Waals surface area (Å²) in [5.74, 6) is 0. The second-order valence-corrected chi connectivity index (χ2v) is 3.43. The van der Waals surface area contributed by atoms with Gasteiger partial charge in [-0.05, 0) is 18.9 Å². The molecule has 0 saturated heterocycles. The maximum Gasteiger partial charge on any atom is 0.272 e. The monoisotopic (exact) mass is 206 g/mol. The molecule has 15 heavy (non-hydrogen) atoms. The van der Waals surface area contributed by atoms with Crippen LogP contribution in [0.4, 0.5) is 5.69 Å². The van der Waals surface area contributed by atoms with Crippen LogP contribution >= 0.6 is 0 Å². The van der Waals surface area contributed by atoms with E-state index in [0.717, 1.165) is 5.56 Å². The Balaban J connectivity index is 3.06. The van der Waals surface area contributed by atoms with E-state index in [1.807, 2.05) is 6.07 Å². The van der Waals surface area contributed by atoms with Gasteiger partial charge in [0.1, 0.15) is 0 Å². The molecule has 0 fully saturated rings. The van der Waals surface area contributed by atoms with Gasteiger partial charge >= 0.3 is 0 Å². The van der Waals surface area contributed by atoms with Crippen LogP contribution in [0.15, 0.2) is 30.9 Å². The van der Waals surface area contributed by atoms with Gasteiger partial charge in [-0.2, -0.15) is 0 Å². The first-order valence-electron chi connectivity index (χ1n) is 4.67. The molecule has 4 nitrogen and oxygen atoms in total. The number of aryl methyl sites for hydroxylation is 1.